The van der Waals surface area contributed by atoms with Crippen LogP contribution >= 0.6 is 0 Å². The lowest BCUT2D eigenvalue weighted by molar-refractivity contribution is -0.0511. The summed E-state index contributed by atoms with van der Waals surface area (Å²) < 4.78 is 42.6. The zero-order valence-corrected chi connectivity index (χ0v) is 39.7. The van der Waals surface area contributed by atoms with E-state index in [9.17, 15) is 39.1 Å². The number of nitrogens with one attached hydrogen (secondary N) is 3. The molecular weight excluding hydrogens is 961 g/mol. The highest BCUT2D eigenvalue weighted by Gasteiger charge is 2.45. The van der Waals surface area contributed by atoms with Gasteiger partial charge in [-0.05, 0) is 44.8 Å². The summed E-state index contributed by atoms with van der Waals surface area (Å²) in [7, 11) is -3.84. The number of ether oxygens (including phenoxy) is 2. The molecule has 5 aromatic carbocycles. The number of aliphatic hydroxyl groups excluding tert-OH is 6. The summed E-state index contributed by atoms with van der Waals surface area (Å²) in [5.74, 6) is 1.40. The molecule has 378 valence electrons. The molecular formula is C50H52N12O10S. The van der Waals surface area contributed by atoms with Gasteiger partial charge >= 0.3 is 0 Å². The molecule has 9 aromatic rings. The minimum atomic E-state index is -3.84. The molecule has 0 unspecified atom stereocenters. The molecule has 8 atom stereocenters. The van der Waals surface area contributed by atoms with Crippen molar-refractivity contribution < 1.29 is 48.5 Å². The van der Waals surface area contributed by atoms with Gasteiger partial charge in [-0.25, -0.2) is 43.0 Å². The Morgan fingerprint density at radius 3 is 1.48 bits per heavy atom. The van der Waals surface area contributed by atoms with Crippen molar-refractivity contribution in [3.05, 3.63) is 151 Å². The van der Waals surface area contributed by atoms with Gasteiger partial charge in [-0.3, -0.25) is 9.13 Å². The second kappa shape index (κ2) is 21.1. The van der Waals surface area contributed by atoms with Crippen molar-refractivity contribution in [3.63, 3.8) is 0 Å². The van der Waals surface area contributed by atoms with E-state index in [1.54, 1.807) is 18.2 Å². The first-order valence-electron chi connectivity index (χ1n) is 23.3. The number of benzene rings is 5. The van der Waals surface area contributed by atoms with Crippen LogP contribution in [0.15, 0.2) is 133 Å². The van der Waals surface area contributed by atoms with E-state index in [2.05, 4.69) is 69.5 Å². The zero-order chi connectivity index (χ0) is 50.8. The van der Waals surface area contributed by atoms with Crippen LogP contribution in [0.5, 0.6) is 0 Å². The number of anilines is 2. The molecule has 22 nitrogen and oxygen atoms in total. The van der Waals surface area contributed by atoms with Crippen LogP contribution in [0.2, 0.25) is 0 Å². The van der Waals surface area contributed by atoms with Gasteiger partial charge in [0.05, 0.1) is 43.9 Å². The normalized spacial score (nSPS) is 22.0. The monoisotopic (exact) mass is 1010 g/mol. The number of nitrogens with zero attached hydrogens (tertiary/aromatic N) is 8. The van der Waals surface area contributed by atoms with Crippen molar-refractivity contribution in [2.45, 2.75) is 80.2 Å². The molecule has 0 bridgehead atoms. The van der Waals surface area contributed by atoms with Gasteiger partial charge in [0, 0.05) is 13.1 Å². The minimum Gasteiger partial charge on any atom is -0.394 e. The van der Waals surface area contributed by atoms with Crippen LogP contribution in [0.1, 0.15) is 35.2 Å². The van der Waals surface area contributed by atoms with Gasteiger partial charge in [-0.1, -0.05) is 103 Å². The molecule has 2 saturated heterocycles. The Hall–Kier alpha value is -7.13. The highest BCUT2D eigenvalue weighted by molar-refractivity contribution is 7.89. The maximum absolute atomic E-state index is 12.9. The molecule has 23 heteroatoms. The molecule has 4 aromatic heterocycles. The van der Waals surface area contributed by atoms with Gasteiger partial charge in [-0.15, -0.1) is 0 Å². The Kier molecular flexibility index (Phi) is 14.3. The number of fused-ring (bicyclic) bond motifs is 4. The number of hydrogen-bond acceptors (Lipinski definition) is 19. The van der Waals surface area contributed by atoms with Crippen molar-refractivity contribution in [1.82, 2.24) is 43.8 Å². The smallest absolute Gasteiger partial charge is 0.240 e. The number of nitrogens with two attached hydrogens (primary N) is 1. The third-order valence-electron chi connectivity index (χ3n) is 12.8. The van der Waals surface area contributed by atoms with Crippen LogP contribution in [0.4, 0.5) is 11.6 Å². The molecule has 11 N–H and O–H groups in total. The van der Waals surface area contributed by atoms with Gasteiger partial charge in [0.15, 0.2) is 46.4 Å². The van der Waals surface area contributed by atoms with Gasteiger partial charge in [0.1, 0.15) is 48.3 Å². The summed E-state index contributed by atoms with van der Waals surface area (Å²) in [6.45, 7) is -0.109. The van der Waals surface area contributed by atoms with Crippen LogP contribution in [-0.4, -0.2) is 128 Å². The predicted molar refractivity (Wildman–Crippen MR) is 268 cm³/mol. The highest BCUT2D eigenvalue weighted by Crippen LogP contribution is 2.35. The van der Waals surface area contributed by atoms with Crippen LogP contribution in [0, 0.1) is 0 Å². The summed E-state index contributed by atoms with van der Waals surface area (Å²) in [6.07, 6.45) is -6.17. The fourth-order valence-electron chi connectivity index (χ4n) is 9.03. The van der Waals surface area contributed by atoms with E-state index in [1.165, 1.54) is 33.9 Å². The fraction of sp³-hybridized carbons (Fsp3) is 0.280. The first-order chi connectivity index (χ1) is 35.5. The topological polar surface area (TPSA) is 323 Å². The largest absolute Gasteiger partial charge is 0.394 e. The van der Waals surface area contributed by atoms with E-state index < -0.39 is 72.3 Å². The van der Waals surface area contributed by atoms with Crippen molar-refractivity contribution in [2.24, 2.45) is 5.73 Å². The van der Waals surface area contributed by atoms with E-state index in [0.29, 0.717) is 47.2 Å². The average molecular weight is 1010 g/mol. The second-order valence-corrected chi connectivity index (χ2v) is 19.2. The fourth-order valence-corrected chi connectivity index (χ4v) is 10.0. The standard InChI is InChI=1S/C28H28N6O6S.C22H24N6O4/c35-15-21-24(36)25(37)28(40-21)34-16-30-23-26(29-13-18-9-6-8-17-7-4-5-12-20(17)18)32-22(33-27(23)34)14-31-41(38,39)19-10-2-1-3-11-19;23-8-16-26-20(24-9-13-6-3-5-12-4-1-2-7-14(12)13)17-21(27-16)28(11-25-17)22-19(31)18(30)15(10-29)32-22/h1-12,16,21,24-25,28,31,35-37H,13-15H2,(H,29,32,33);1-7,11,15,18-19,22,29-31H,8-10,23H2,(H,24,26,27)/t21-,24-,25-,28-;15-,18-,19-,22-/m11/s1. The van der Waals surface area contributed by atoms with Crippen molar-refractivity contribution in [3.8, 4) is 0 Å². The van der Waals surface area contributed by atoms with E-state index in [0.717, 1.165) is 32.7 Å². The van der Waals surface area contributed by atoms with Crippen LogP contribution in [-0.2, 0) is 45.7 Å². The van der Waals surface area contributed by atoms with Crippen molar-refractivity contribution in [2.75, 3.05) is 23.8 Å². The molecule has 0 aliphatic carbocycles. The zero-order valence-electron chi connectivity index (χ0n) is 38.9. The van der Waals surface area contributed by atoms with Crippen LogP contribution in [0.25, 0.3) is 43.9 Å². The lowest BCUT2D eigenvalue weighted by Gasteiger charge is -2.17. The molecule has 2 aliphatic heterocycles. The lowest BCUT2D eigenvalue weighted by atomic mass is 10.0. The average Bonchev–Trinajstić information content (AvgIpc) is 4.19. The Morgan fingerprint density at radius 2 is 1.00 bits per heavy atom. The predicted octanol–water partition coefficient (Wildman–Crippen LogP) is 2.34. The summed E-state index contributed by atoms with van der Waals surface area (Å²) in [5, 5.41) is 71.5. The second-order valence-electron chi connectivity index (χ2n) is 17.4. The van der Waals surface area contributed by atoms with E-state index >= 15 is 0 Å². The first kappa shape index (κ1) is 49.4. The Balaban J connectivity index is 0.000000173. The van der Waals surface area contributed by atoms with E-state index in [1.807, 2.05) is 60.7 Å². The van der Waals surface area contributed by atoms with Gasteiger partial charge in [0.25, 0.3) is 0 Å². The van der Waals surface area contributed by atoms with Crippen molar-refractivity contribution >= 4 is 65.5 Å². The number of imidazole rings is 2. The molecule has 73 heavy (non-hydrogen) atoms. The lowest BCUT2D eigenvalue weighted by Crippen LogP contribution is -2.33. The minimum absolute atomic E-state index is 0.104. The van der Waals surface area contributed by atoms with E-state index in [4.69, 9.17) is 15.2 Å². The first-order valence-corrected chi connectivity index (χ1v) is 24.8. The number of aliphatic hydroxyl groups is 6. The maximum atomic E-state index is 12.9. The number of rotatable bonds is 15. The molecule has 0 spiro atoms. The quantitative estimate of drug-likeness (QED) is 0.0705. The van der Waals surface area contributed by atoms with E-state index in [-0.39, 0.29) is 29.5 Å². The van der Waals surface area contributed by atoms with Gasteiger partial charge in [0.2, 0.25) is 10.0 Å². The van der Waals surface area contributed by atoms with Crippen LogP contribution in [0.3, 0.4) is 0 Å². The molecule has 2 aliphatic rings. The maximum Gasteiger partial charge on any atom is 0.240 e. The SMILES string of the molecule is NCc1nc(NCc2cccc3ccccc23)c2ncn([C@@H]3O[C@H](CO)[C@@H](O)[C@H]3O)c2n1.O=S(=O)(NCc1nc(NCc2cccc3ccccc23)c2ncn([C@@H]3O[C@H](CO)[C@@H](O)[C@H]3O)c2n1)c1ccccc1. The number of hydrogen-bond donors (Lipinski definition) is 10. The molecule has 11 rings (SSSR count). The summed E-state index contributed by atoms with van der Waals surface area (Å²) in [4.78, 5) is 27.1. The molecule has 6 heterocycles. The highest BCUT2D eigenvalue weighted by atomic mass is 32.2. The van der Waals surface area contributed by atoms with Gasteiger partial charge in [-0.2, -0.15) is 0 Å². The Bertz CT molecular complexity index is 3500. The summed E-state index contributed by atoms with van der Waals surface area (Å²) >= 11 is 0. The van der Waals surface area contributed by atoms with Gasteiger partial charge < -0.3 is 56.5 Å². The summed E-state index contributed by atoms with van der Waals surface area (Å²) in [6, 6.07) is 36.2. The van der Waals surface area contributed by atoms with Crippen molar-refractivity contribution in [1.29, 1.82) is 0 Å². The molecule has 0 saturated carbocycles. The van der Waals surface area contributed by atoms with Crippen LogP contribution < -0.4 is 21.1 Å². The number of aromatic nitrogens is 8. The third-order valence-corrected chi connectivity index (χ3v) is 14.2. The molecule has 0 radical (unpaired) electrons. The number of sulfonamides is 1. The Morgan fingerprint density at radius 1 is 0.548 bits per heavy atom. The Labute approximate surface area is 416 Å². The summed E-state index contributed by atoms with van der Waals surface area (Å²) in [5.41, 5.74) is 9.45. The molecule has 0 amide bonds. The third kappa shape index (κ3) is 9.91. The molecule has 2 fully saturated rings.